The second-order valence-electron chi connectivity index (χ2n) is 3.32. The number of hydrogen-bond acceptors (Lipinski definition) is 5. The van der Waals surface area contributed by atoms with Crippen LogP contribution in [-0.4, -0.2) is 45.1 Å². The van der Waals surface area contributed by atoms with E-state index in [0.717, 1.165) is 18.1 Å². The first-order valence-electron chi connectivity index (χ1n) is 4.73. The summed E-state index contributed by atoms with van der Waals surface area (Å²) in [5.41, 5.74) is 0. The molecule has 0 saturated carbocycles. The maximum Gasteiger partial charge on any atom is 0.327 e. The van der Waals surface area contributed by atoms with Crippen molar-refractivity contribution in [2.75, 3.05) is 23.0 Å². The Morgan fingerprint density at radius 1 is 1.56 bits per heavy atom. The molecule has 1 aliphatic heterocycles. The third-order valence-corrected chi connectivity index (χ3v) is 3.30. The van der Waals surface area contributed by atoms with Crippen LogP contribution < -0.4 is 4.90 Å². The van der Waals surface area contributed by atoms with Crippen LogP contribution in [0.2, 0.25) is 0 Å². The molecule has 1 aromatic rings. The van der Waals surface area contributed by atoms with E-state index in [9.17, 15) is 9.18 Å². The van der Waals surface area contributed by atoms with Crippen LogP contribution >= 0.6 is 11.8 Å². The lowest BCUT2D eigenvalue weighted by molar-refractivity contribution is -0.138. The largest absolute Gasteiger partial charge is 0.480 e. The molecule has 16 heavy (non-hydrogen) atoms. The summed E-state index contributed by atoms with van der Waals surface area (Å²) in [4.78, 5) is 20.2. The van der Waals surface area contributed by atoms with Crippen LogP contribution in [0.5, 0.6) is 0 Å². The average molecular weight is 243 g/mol. The number of aliphatic carboxylic acids is 1. The molecule has 86 valence electrons. The number of carboxylic acid groups (broad SMARTS) is 1. The Labute approximate surface area is 95.7 Å². The molecular weight excluding hydrogens is 233 g/mol. The van der Waals surface area contributed by atoms with E-state index in [-0.39, 0.29) is 5.95 Å². The second kappa shape index (κ2) is 4.65. The average Bonchev–Trinajstić information content (AvgIpc) is 2.30. The number of thioether (sulfide) groups is 1. The third-order valence-electron chi connectivity index (χ3n) is 2.28. The Bertz CT molecular complexity index is 387. The lowest BCUT2D eigenvalue weighted by Crippen LogP contribution is -2.48. The van der Waals surface area contributed by atoms with E-state index in [0.29, 0.717) is 12.3 Å². The van der Waals surface area contributed by atoms with E-state index in [4.69, 9.17) is 5.11 Å². The van der Waals surface area contributed by atoms with Gasteiger partial charge in [-0.1, -0.05) is 0 Å². The molecule has 1 fully saturated rings. The first-order valence-corrected chi connectivity index (χ1v) is 5.88. The Balaban J connectivity index is 2.23. The van der Waals surface area contributed by atoms with Gasteiger partial charge in [0.15, 0.2) is 5.82 Å². The van der Waals surface area contributed by atoms with Gasteiger partial charge in [0.05, 0.1) is 12.4 Å². The minimum atomic E-state index is -0.903. The summed E-state index contributed by atoms with van der Waals surface area (Å²) in [6, 6.07) is -0.635. The van der Waals surface area contributed by atoms with Crippen LogP contribution in [0.3, 0.4) is 0 Å². The predicted molar refractivity (Wildman–Crippen MR) is 58.1 cm³/mol. The van der Waals surface area contributed by atoms with Crippen LogP contribution in [0.15, 0.2) is 12.4 Å². The van der Waals surface area contributed by atoms with Gasteiger partial charge in [-0.25, -0.2) is 19.2 Å². The van der Waals surface area contributed by atoms with Gasteiger partial charge >= 0.3 is 5.97 Å². The SMILES string of the molecule is O=C(O)C1CSCCN1c1ncc(F)cn1. The smallest absolute Gasteiger partial charge is 0.327 e. The van der Waals surface area contributed by atoms with Crippen LogP contribution in [0.25, 0.3) is 0 Å². The predicted octanol–water partition coefficient (Wildman–Crippen LogP) is 0.622. The topological polar surface area (TPSA) is 66.3 Å². The zero-order valence-electron chi connectivity index (χ0n) is 8.34. The van der Waals surface area contributed by atoms with E-state index in [1.807, 2.05) is 0 Å². The summed E-state index contributed by atoms with van der Waals surface area (Å²) in [5.74, 6) is 0.164. The van der Waals surface area contributed by atoms with Crippen molar-refractivity contribution in [1.82, 2.24) is 9.97 Å². The molecule has 0 aromatic carbocycles. The summed E-state index contributed by atoms with van der Waals surface area (Å²) < 4.78 is 12.6. The number of carboxylic acids is 1. The molecule has 0 radical (unpaired) electrons. The van der Waals surface area contributed by atoms with E-state index < -0.39 is 17.8 Å². The van der Waals surface area contributed by atoms with Gasteiger partial charge in [-0.2, -0.15) is 11.8 Å². The lowest BCUT2D eigenvalue weighted by Gasteiger charge is -2.32. The van der Waals surface area contributed by atoms with Crippen LogP contribution in [0.4, 0.5) is 10.3 Å². The summed E-state index contributed by atoms with van der Waals surface area (Å²) in [6.45, 7) is 0.563. The van der Waals surface area contributed by atoms with E-state index >= 15 is 0 Å². The van der Waals surface area contributed by atoms with Gasteiger partial charge in [-0.3, -0.25) is 0 Å². The highest BCUT2D eigenvalue weighted by Gasteiger charge is 2.30. The fourth-order valence-electron chi connectivity index (χ4n) is 1.50. The normalized spacial score (nSPS) is 20.8. The molecule has 0 amide bonds. The molecule has 2 rings (SSSR count). The highest BCUT2D eigenvalue weighted by atomic mass is 32.2. The molecule has 1 atom stereocenters. The maximum atomic E-state index is 12.6. The summed E-state index contributed by atoms with van der Waals surface area (Å²) in [5, 5.41) is 9.04. The Kier molecular flexibility index (Phi) is 3.23. The molecule has 0 spiro atoms. The summed E-state index contributed by atoms with van der Waals surface area (Å²) in [6.07, 6.45) is 2.09. The van der Waals surface area contributed by atoms with Crippen LogP contribution in [0.1, 0.15) is 0 Å². The molecule has 1 N–H and O–H groups in total. The molecule has 1 saturated heterocycles. The standard InChI is InChI=1S/C9H10FN3O2S/c10-6-3-11-9(12-4-6)13-1-2-16-5-7(13)8(14)15/h3-4,7H,1-2,5H2,(H,14,15). The first-order chi connectivity index (χ1) is 7.68. The van der Waals surface area contributed by atoms with E-state index in [1.54, 1.807) is 16.7 Å². The van der Waals surface area contributed by atoms with Crippen molar-refractivity contribution in [1.29, 1.82) is 0 Å². The number of carbonyl (C=O) groups is 1. The van der Waals surface area contributed by atoms with Gasteiger partial charge < -0.3 is 10.0 Å². The minimum Gasteiger partial charge on any atom is -0.480 e. The van der Waals surface area contributed by atoms with Crippen molar-refractivity contribution in [2.45, 2.75) is 6.04 Å². The van der Waals surface area contributed by atoms with Crippen molar-refractivity contribution in [3.63, 3.8) is 0 Å². The number of aromatic nitrogens is 2. The van der Waals surface area contributed by atoms with Crippen LogP contribution in [-0.2, 0) is 4.79 Å². The second-order valence-corrected chi connectivity index (χ2v) is 4.47. The van der Waals surface area contributed by atoms with Crippen molar-refractivity contribution in [3.05, 3.63) is 18.2 Å². The number of nitrogens with zero attached hydrogens (tertiary/aromatic N) is 3. The minimum absolute atomic E-state index is 0.272. The zero-order chi connectivity index (χ0) is 11.5. The molecule has 0 bridgehead atoms. The third kappa shape index (κ3) is 2.24. The molecule has 2 heterocycles. The highest BCUT2D eigenvalue weighted by Crippen LogP contribution is 2.20. The van der Waals surface area contributed by atoms with Gasteiger partial charge in [0.1, 0.15) is 6.04 Å². The van der Waals surface area contributed by atoms with Gasteiger partial charge in [-0.05, 0) is 0 Å². The van der Waals surface area contributed by atoms with Crippen molar-refractivity contribution >= 4 is 23.7 Å². The lowest BCUT2D eigenvalue weighted by atomic mass is 10.3. The quantitative estimate of drug-likeness (QED) is 0.821. The number of rotatable bonds is 2. The summed E-state index contributed by atoms with van der Waals surface area (Å²) in [7, 11) is 0. The Morgan fingerprint density at radius 3 is 2.88 bits per heavy atom. The number of anilines is 1. The van der Waals surface area contributed by atoms with E-state index in [1.165, 1.54) is 0 Å². The van der Waals surface area contributed by atoms with Crippen LogP contribution in [0, 0.1) is 5.82 Å². The van der Waals surface area contributed by atoms with Crippen molar-refractivity contribution < 1.29 is 14.3 Å². The zero-order valence-corrected chi connectivity index (χ0v) is 9.15. The van der Waals surface area contributed by atoms with Crippen molar-refractivity contribution in [2.24, 2.45) is 0 Å². The Hall–Kier alpha value is -1.37. The molecule has 1 aliphatic rings. The molecule has 1 aromatic heterocycles. The molecule has 7 heteroatoms. The number of hydrogen-bond donors (Lipinski definition) is 1. The Morgan fingerprint density at radius 2 is 2.25 bits per heavy atom. The van der Waals surface area contributed by atoms with Crippen molar-refractivity contribution in [3.8, 4) is 0 Å². The molecular formula is C9H10FN3O2S. The van der Waals surface area contributed by atoms with Gasteiger partial charge in [0, 0.05) is 18.1 Å². The molecule has 5 nitrogen and oxygen atoms in total. The van der Waals surface area contributed by atoms with Gasteiger partial charge in [-0.15, -0.1) is 0 Å². The molecule has 0 aliphatic carbocycles. The number of halogens is 1. The highest BCUT2D eigenvalue weighted by molar-refractivity contribution is 7.99. The monoisotopic (exact) mass is 243 g/mol. The maximum absolute atomic E-state index is 12.6. The fourth-order valence-corrected chi connectivity index (χ4v) is 2.54. The summed E-state index contributed by atoms with van der Waals surface area (Å²) >= 11 is 1.58. The first kappa shape index (κ1) is 11.1. The molecule has 1 unspecified atom stereocenters. The van der Waals surface area contributed by atoms with Gasteiger partial charge in [0.2, 0.25) is 5.95 Å². The van der Waals surface area contributed by atoms with Gasteiger partial charge in [0.25, 0.3) is 0 Å². The fraction of sp³-hybridized carbons (Fsp3) is 0.444. The van der Waals surface area contributed by atoms with E-state index in [2.05, 4.69) is 9.97 Å².